The Kier molecular flexibility index (Phi) is 47.2. The van der Waals surface area contributed by atoms with Gasteiger partial charge in [-0.25, -0.2) is 0 Å². The van der Waals surface area contributed by atoms with Crippen LogP contribution < -0.4 is 5.32 Å². The van der Waals surface area contributed by atoms with E-state index in [0.717, 1.165) is 83.5 Å². The molecule has 0 aliphatic rings. The summed E-state index contributed by atoms with van der Waals surface area (Å²) in [4.78, 5) is 24.5. The highest BCUT2D eigenvalue weighted by Gasteiger charge is 2.20. The highest BCUT2D eigenvalue weighted by atomic mass is 16.5. The van der Waals surface area contributed by atoms with Crippen LogP contribution in [0, 0.1) is 0 Å². The Labute approximate surface area is 366 Å². The molecule has 3 N–H and O–H groups in total. The number of hydrogen-bond acceptors (Lipinski definition) is 5. The van der Waals surface area contributed by atoms with Crippen LogP contribution in [0.1, 0.15) is 264 Å². The van der Waals surface area contributed by atoms with Crippen molar-refractivity contribution in [1.29, 1.82) is 0 Å². The first-order chi connectivity index (χ1) is 29.0. The van der Waals surface area contributed by atoms with Gasteiger partial charge in [0.05, 0.1) is 25.4 Å². The average molecular weight is 830 g/mol. The second-order valence-electron chi connectivity index (χ2n) is 17.5. The van der Waals surface area contributed by atoms with E-state index in [9.17, 15) is 19.8 Å². The second kappa shape index (κ2) is 48.7. The Morgan fingerprint density at radius 1 is 0.475 bits per heavy atom. The molecule has 0 aromatic rings. The number of nitrogens with one attached hydrogen (secondary N) is 1. The van der Waals surface area contributed by atoms with Crippen molar-refractivity contribution in [3.63, 3.8) is 0 Å². The summed E-state index contributed by atoms with van der Waals surface area (Å²) in [6, 6.07) is -0.560. The number of amides is 1. The van der Waals surface area contributed by atoms with Crippen LogP contribution in [0.25, 0.3) is 0 Å². The predicted octanol–water partition coefficient (Wildman–Crippen LogP) is 15.3. The average Bonchev–Trinajstić information content (AvgIpc) is 3.24. The molecule has 0 aromatic heterocycles. The lowest BCUT2D eigenvalue weighted by Crippen LogP contribution is -2.45. The second-order valence-corrected chi connectivity index (χ2v) is 17.5. The van der Waals surface area contributed by atoms with Crippen molar-refractivity contribution in [2.45, 2.75) is 276 Å². The monoisotopic (exact) mass is 830 g/mol. The molecule has 346 valence electrons. The molecular weight excluding hydrogens is 731 g/mol. The van der Waals surface area contributed by atoms with Crippen LogP contribution in [0.3, 0.4) is 0 Å². The Balaban J connectivity index is 3.51. The number of hydrogen-bond donors (Lipinski definition) is 3. The van der Waals surface area contributed by atoms with E-state index in [4.69, 9.17) is 4.74 Å². The van der Waals surface area contributed by atoms with E-state index < -0.39 is 12.1 Å². The van der Waals surface area contributed by atoms with Crippen LogP contribution in [0.5, 0.6) is 0 Å². The van der Waals surface area contributed by atoms with Crippen LogP contribution in [-0.4, -0.2) is 47.4 Å². The zero-order valence-corrected chi connectivity index (χ0v) is 39.2. The van der Waals surface area contributed by atoms with Crippen molar-refractivity contribution in [1.82, 2.24) is 5.32 Å². The molecule has 0 spiro atoms. The van der Waals surface area contributed by atoms with E-state index in [2.05, 4.69) is 55.6 Å². The van der Waals surface area contributed by atoms with Crippen molar-refractivity contribution in [3.8, 4) is 0 Å². The van der Waals surface area contributed by atoms with Gasteiger partial charge in [0.1, 0.15) is 0 Å². The van der Waals surface area contributed by atoms with Gasteiger partial charge in [0.25, 0.3) is 0 Å². The molecule has 0 aliphatic heterocycles. The Bertz CT molecular complexity index is 962. The first kappa shape index (κ1) is 57.1. The van der Waals surface area contributed by atoms with E-state index in [0.29, 0.717) is 25.9 Å². The Hall–Kier alpha value is -1.92. The molecule has 0 bridgehead atoms. The molecule has 0 fully saturated rings. The maximum absolute atomic E-state index is 12.4. The lowest BCUT2D eigenvalue weighted by Gasteiger charge is -2.22. The number of carbonyl (C=O) groups excluding carboxylic acids is 2. The summed E-state index contributed by atoms with van der Waals surface area (Å²) in [5, 5.41) is 23.2. The third kappa shape index (κ3) is 45.4. The van der Waals surface area contributed by atoms with Gasteiger partial charge in [-0.3, -0.25) is 9.59 Å². The molecular formula is C53H99NO5. The van der Waals surface area contributed by atoms with Gasteiger partial charge in [-0.2, -0.15) is 0 Å². The maximum Gasteiger partial charge on any atom is 0.305 e. The Morgan fingerprint density at radius 2 is 0.847 bits per heavy atom. The molecule has 0 saturated heterocycles. The number of aliphatic hydroxyl groups excluding tert-OH is 2. The van der Waals surface area contributed by atoms with Crippen LogP contribution in [-0.2, 0) is 14.3 Å². The van der Waals surface area contributed by atoms with Crippen LogP contribution in [0.2, 0.25) is 0 Å². The third-order valence-electron chi connectivity index (χ3n) is 11.7. The topological polar surface area (TPSA) is 95.9 Å². The lowest BCUT2D eigenvalue weighted by molar-refractivity contribution is -0.143. The van der Waals surface area contributed by atoms with Gasteiger partial charge < -0.3 is 20.3 Å². The number of esters is 1. The van der Waals surface area contributed by atoms with Crippen LogP contribution in [0.15, 0.2) is 36.5 Å². The van der Waals surface area contributed by atoms with Crippen LogP contribution in [0.4, 0.5) is 0 Å². The predicted molar refractivity (Wildman–Crippen MR) is 255 cm³/mol. The number of allylic oxidation sites excluding steroid dienone is 6. The molecule has 0 radical (unpaired) electrons. The Morgan fingerprint density at radius 3 is 1.34 bits per heavy atom. The lowest BCUT2D eigenvalue weighted by atomic mass is 10.0. The summed E-state index contributed by atoms with van der Waals surface area (Å²) in [5.41, 5.74) is 0. The van der Waals surface area contributed by atoms with Gasteiger partial charge in [0.15, 0.2) is 0 Å². The standard InChI is InChI=1S/C53H99NO5/c1-3-5-7-9-11-13-15-17-18-19-20-22-27-31-35-39-43-47-53(58)59-48-44-40-36-32-28-24-23-26-30-34-38-42-46-52(57)54-50(49-55)51(56)45-41-37-33-29-25-21-16-14-12-10-8-6-4-2/h11,13,17-18,24,28,50-51,55-56H,3-10,12,14-16,19-23,25-27,29-49H2,1-2H3,(H,54,57)/b13-11-,18-17-,28-24-. The van der Waals surface area contributed by atoms with Gasteiger partial charge in [-0.15, -0.1) is 0 Å². The summed E-state index contributed by atoms with van der Waals surface area (Å²) < 4.78 is 5.45. The summed E-state index contributed by atoms with van der Waals surface area (Å²) in [6.45, 7) is 4.85. The van der Waals surface area contributed by atoms with Crippen molar-refractivity contribution in [2.75, 3.05) is 13.2 Å². The third-order valence-corrected chi connectivity index (χ3v) is 11.7. The largest absolute Gasteiger partial charge is 0.466 e. The number of ether oxygens (including phenoxy) is 1. The van der Waals surface area contributed by atoms with E-state index >= 15 is 0 Å². The molecule has 0 saturated carbocycles. The number of rotatable bonds is 47. The molecule has 2 unspecified atom stereocenters. The minimum atomic E-state index is -0.680. The number of aliphatic hydroxyl groups is 2. The van der Waals surface area contributed by atoms with Gasteiger partial charge in [0.2, 0.25) is 5.91 Å². The minimum Gasteiger partial charge on any atom is -0.466 e. The fraction of sp³-hybridized carbons (Fsp3) is 0.849. The summed E-state index contributed by atoms with van der Waals surface area (Å²) in [7, 11) is 0. The maximum atomic E-state index is 12.4. The molecule has 0 heterocycles. The van der Waals surface area contributed by atoms with Gasteiger partial charge in [-0.05, 0) is 89.9 Å². The molecule has 6 nitrogen and oxygen atoms in total. The normalized spacial score (nSPS) is 12.9. The van der Waals surface area contributed by atoms with Gasteiger partial charge in [0, 0.05) is 12.8 Å². The van der Waals surface area contributed by atoms with Crippen molar-refractivity contribution < 1.29 is 24.5 Å². The molecule has 0 rings (SSSR count). The zero-order valence-electron chi connectivity index (χ0n) is 39.2. The first-order valence-electron chi connectivity index (χ1n) is 25.7. The van der Waals surface area contributed by atoms with E-state index in [1.807, 2.05) is 0 Å². The summed E-state index contributed by atoms with van der Waals surface area (Å²) >= 11 is 0. The van der Waals surface area contributed by atoms with E-state index in [1.54, 1.807) is 0 Å². The zero-order chi connectivity index (χ0) is 43.0. The SMILES string of the molecule is CCCCC/C=C\C/C=C\CCCCCCCCCC(=O)OCCCCC/C=C\CCCCCCCC(=O)NC(CO)C(O)CCCCCCCCCCCCCCC. The van der Waals surface area contributed by atoms with Crippen LogP contribution >= 0.6 is 0 Å². The van der Waals surface area contributed by atoms with E-state index in [1.165, 1.54) is 148 Å². The van der Waals surface area contributed by atoms with E-state index in [-0.39, 0.29) is 18.5 Å². The number of unbranched alkanes of at least 4 members (excludes halogenated alkanes) is 30. The molecule has 0 aromatic carbocycles. The molecule has 0 aliphatic carbocycles. The molecule has 2 atom stereocenters. The summed E-state index contributed by atoms with van der Waals surface area (Å²) in [5.74, 6) is -0.0933. The quantitative estimate of drug-likeness (QED) is 0.0323. The highest BCUT2D eigenvalue weighted by Crippen LogP contribution is 2.15. The fourth-order valence-electron chi connectivity index (χ4n) is 7.66. The molecule has 1 amide bonds. The van der Waals surface area contributed by atoms with Crippen molar-refractivity contribution in [3.05, 3.63) is 36.5 Å². The fourth-order valence-corrected chi connectivity index (χ4v) is 7.66. The molecule has 6 heteroatoms. The number of carbonyl (C=O) groups is 2. The van der Waals surface area contributed by atoms with Gasteiger partial charge >= 0.3 is 5.97 Å². The first-order valence-corrected chi connectivity index (χ1v) is 25.7. The summed E-state index contributed by atoms with van der Waals surface area (Å²) in [6.07, 6.45) is 58.2. The highest BCUT2D eigenvalue weighted by molar-refractivity contribution is 5.76. The molecule has 59 heavy (non-hydrogen) atoms. The van der Waals surface area contributed by atoms with Crippen molar-refractivity contribution >= 4 is 11.9 Å². The smallest absolute Gasteiger partial charge is 0.305 e. The van der Waals surface area contributed by atoms with Gasteiger partial charge in [-0.1, -0.05) is 198 Å². The minimum absolute atomic E-state index is 0.0310. The van der Waals surface area contributed by atoms with Crippen molar-refractivity contribution in [2.24, 2.45) is 0 Å².